The van der Waals surface area contributed by atoms with E-state index in [1.165, 1.54) is 0 Å². The Hall–Kier alpha value is -0.505. The Morgan fingerprint density at radius 2 is 2.06 bits per heavy atom. The first-order valence-corrected chi connectivity index (χ1v) is 7.03. The van der Waals surface area contributed by atoms with Gasteiger partial charge in [-0.25, -0.2) is 0 Å². The third kappa shape index (κ3) is 3.48. The predicted octanol–water partition coefficient (Wildman–Crippen LogP) is 1.67. The Morgan fingerprint density at radius 1 is 1.35 bits per heavy atom. The lowest BCUT2D eigenvalue weighted by atomic mass is 9.65. The largest absolute Gasteiger partial charge is 0.341 e. The number of nitrogens with zero attached hydrogens (tertiary/aromatic N) is 1. The molecule has 0 aromatic rings. The van der Waals surface area contributed by atoms with Crippen LogP contribution in [0.4, 0.5) is 0 Å². The van der Waals surface area contributed by atoms with Crippen molar-refractivity contribution in [3.05, 3.63) is 0 Å². The van der Waals surface area contributed by atoms with E-state index in [9.17, 15) is 4.79 Å². The van der Waals surface area contributed by atoms with Crippen molar-refractivity contribution >= 4 is 13.2 Å². The first-order valence-electron chi connectivity index (χ1n) is 7.03. The second-order valence-corrected chi connectivity index (χ2v) is 5.73. The molecule has 1 heterocycles. The number of amides is 1. The lowest BCUT2D eigenvalue weighted by Crippen LogP contribution is -2.44. The minimum Gasteiger partial charge on any atom is -0.341 e. The second-order valence-electron chi connectivity index (χ2n) is 5.73. The summed E-state index contributed by atoms with van der Waals surface area (Å²) < 4.78 is 0. The van der Waals surface area contributed by atoms with Gasteiger partial charge in [0.15, 0.2) is 0 Å². The molecule has 1 saturated carbocycles. The van der Waals surface area contributed by atoms with E-state index < -0.39 is 0 Å². The molecular formula is C13H24BN2O. The number of nitrogens with two attached hydrogens (primary N) is 1. The molecule has 1 aliphatic carbocycles. The minimum absolute atomic E-state index is 0.367. The van der Waals surface area contributed by atoms with Gasteiger partial charge in [0.2, 0.25) is 5.91 Å². The average Bonchev–Trinajstić information content (AvgIpc) is 2.32. The Bertz CT molecular complexity index is 264. The van der Waals surface area contributed by atoms with Crippen LogP contribution in [0.1, 0.15) is 39.0 Å². The fourth-order valence-corrected chi connectivity index (χ4v) is 3.06. The summed E-state index contributed by atoms with van der Waals surface area (Å²) in [5.41, 5.74) is 5.89. The van der Waals surface area contributed by atoms with Gasteiger partial charge in [-0.15, -0.1) is 0 Å². The molecule has 1 atom stereocenters. The lowest BCUT2D eigenvalue weighted by Gasteiger charge is -2.35. The van der Waals surface area contributed by atoms with E-state index in [4.69, 9.17) is 5.73 Å². The molecule has 1 radical (unpaired) electrons. The van der Waals surface area contributed by atoms with Crippen LogP contribution in [-0.4, -0.2) is 36.7 Å². The molecular weight excluding hydrogens is 211 g/mol. The van der Waals surface area contributed by atoms with Crippen molar-refractivity contribution in [1.82, 2.24) is 4.90 Å². The van der Waals surface area contributed by atoms with E-state index in [-0.39, 0.29) is 0 Å². The summed E-state index contributed by atoms with van der Waals surface area (Å²) in [6.45, 7) is 3.08. The molecule has 1 amide bonds. The van der Waals surface area contributed by atoms with Gasteiger partial charge >= 0.3 is 0 Å². The summed E-state index contributed by atoms with van der Waals surface area (Å²) in [7, 11) is 2.30. The molecule has 2 aliphatic rings. The first kappa shape index (κ1) is 12.9. The van der Waals surface area contributed by atoms with Crippen molar-refractivity contribution in [2.45, 2.75) is 63.8 Å². The summed E-state index contributed by atoms with van der Waals surface area (Å²) in [6, 6.07) is 0.784. The maximum absolute atomic E-state index is 12.2. The molecule has 0 aromatic heterocycles. The maximum Gasteiger partial charge on any atom is 0.223 e. The normalized spacial score (nSPS) is 34.2. The predicted molar refractivity (Wildman–Crippen MR) is 71.1 cm³/mol. The third-order valence-corrected chi connectivity index (χ3v) is 4.29. The lowest BCUT2D eigenvalue weighted by molar-refractivity contribution is -0.134. The topological polar surface area (TPSA) is 46.3 Å². The van der Waals surface area contributed by atoms with Crippen molar-refractivity contribution in [3.8, 4) is 0 Å². The number of hydrogen-bond donors (Lipinski definition) is 1. The van der Waals surface area contributed by atoms with Crippen LogP contribution in [0.2, 0.25) is 12.6 Å². The molecule has 2 fully saturated rings. The summed E-state index contributed by atoms with van der Waals surface area (Å²) in [6.07, 6.45) is 7.34. The highest BCUT2D eigenvalue weighted by Gasteiger charge is 2.27. The van der Waals surface area contributed by atoms with Crippen LogP contribution in [0.25, 0.3) is 0 Å². The molecule has 95 valence electrons. The smallest absolute Gasteiger partial charge is 0.223 e. The molecule has 0 bridgehead atoms. The van der Waals surface area contributed by atoms with Gasteiger partial charge < -0.3 is 10.6 Å². The summed E-state index contributed by atoms with van der Waals surface area (Å²) in [5.74, 6) is 0.950. The van der Waals surface area contributed by atoms with Crippen molar-refractivity contribution in [2.24, 2.45) is 11.7 Å². The van der Waals surface area contributed by atoms with Gasteiger partial charge in [-0.2, -0.15) is 0 Å². The van der Waals surface area contributed by atoms with Crippen molar-refractivity contribution in [2.75, 3.05) is 6.54 Å². The first-order chi connectivity index (χ1) is 8.16. The molecule has 17 heavy (non-hydrogen) atoms. The molecule has 1 aliphatic heterocycles. The highest BCUT2D eigenvalue weighted by atomic mass is 16.2. The standard InChI is InChI=1S/C13H24BN2O/c1-10-9-14-6-7-16(10)13(17)8-11-2-4-12(15)5-3-11/h10-12H,2-9,15H2,1H3/t10-,11?,12?/m1/s1. The van der Waals surface area contributed by atoms with Crippen molar-refractivity contribution < 1.29 is 4.79 Å². The van der Waals surface area contributed by atoms with Crippen LogP contribution in [0.5, 0.6) is 0 Å². The molecule has 0 aromatic carbocycles. The third-order valence-electron chi connectivity index (χ3n) is 4.29. The Balaban J connectivity index is 1.79. The van der Waals surface area contributed by atoms with E-state index in [0.717, 1.165) is 51.3 Å². The van der Waals surface area contributed by atoms with Crippen LogP contribution in [0.3, 0.4) is 0 Å². The molecule has 2 rings (SSSR count). The van der Waals surface area contributed by atoms with Crippen LogP contribution < -0.4 is 5.73 Å². The van der Waals surface area contributed by atoms with Crippen LogP contribution in [0.15, 0.2) is 0 Å². The van der Waals surface area contributed by atoms with Crippen LogP contribution in [-0.2, 0) is 4.79 Å². The van der Waals surface area contributed by atoms with E-state index in [1.54, 1.807) is 0 Å². The monoisotopic (exact) mass is 235 g/mol. The molecule has 4 heteroatoms. The molecule has 2 N–H and O–H groups in total. The summed E-state index contributed by atoms with van der Waals surface area (Å²) in [4.78, 5) is 14.3. The number of carbonyl (C=O) groups excluding carboxylic acids is 1. The zero-order valence-corrected chi connectivity index (χ0v) is 10.9. The van der Waals surface area contributed by atoms with Gasteiger partial charge in [0.25, 0.3) is 0 Å². The van der Waals surface area contributed by atoms with E-state index in [1.807, 2.05) is 0 Å². The summed E-state index contributed by atoms with van der Waals surface area (Å²) in [5, 5.41) is 0. The van der Waals surface area contributed by atoms with E-state index in [0.29, 0.717) is 23.9 Å². The van der Waals surface area contributed by atoms with Crippen LogP contribution in [0, 0.1) is 5.92 Å². The van der Waals surface area contributed by atoms with Gasteiger partial charge in [-0.05, 0) is 38.5 Å². The molecule has 0 spiro atoms. The summed E-state index contributed by atoms with van der Waals surface area (Å²) >= 11 is 0. The zero-order chi connectivity index (χ0) is 12.3. The Labute approximate surface area is 105 Å². The highest BCUT2D eigenvalue weighted by molar-refractivity contribution is 6.36. The fraction of sp³-hybridized carbons (Fsp3) is 0.923. The van der Waals surface area contributed by atoms with Crippen molar-refractivity contribution in [3.63, 3.8) is 0 Å². The van der Waals surface area contributed by atoms with Gasteiger partial charge in [0.1, 0.15) is 7.28 Å². The van der Waals surface area contributed by atoms with Crippen LogP contribution >= 0.6 is 0 Å². The number of hydrogen-bond acceptors (Lipinski definition) is 2. The maximum atomic E-state index is 12.2. The number of carbonyl (C=O) groups is 1. The van der Waals surface area contributed by atoms with Crippen molar-refractivity contribution in [1.29, 1.82) is 0 Å². The SMILES string of the molecule is C[C@@H]1C[B]CCN1C(=O)CC1CCC(N)CC1. The highest BCUT2D eigenvalue weighted by Crippen LogP contribution is 2.27. The van der Waals surface area contributed by atoms with Gasteiger partial charge in [-0.1, -0.05) is 12.6 Å². The quantitative estimate of drug-likeness (QED) is 0.740. The van der Waals surface area contributed by atoms with Gasteiger partial charge in [0, 0.05) is 25.0 Å². The minimum atomic E-state index is 0.367. The second kappa shape index (κ2) is 5.90. The Kier molecular flexibility index (Phi) is 4.49. The van der Waals surface area contributed by atoms with E-state index >= 15 is 0 Å². The van der Waals surface area contributed by atoms with Gasteiger partial charge in [0.05, 0.1) is 0 Å². The molecule has 3 nitrogen and oxygen atoms in total. The molecule has 0 unspecified atom stereocenters. The van der Waals surface area contributed by atoms with Gasteiger partial charge in [-0.3, -0.25) is 4.79 Å². The zero-order valence-electron chi connectivity index (χ0n) is 10.9. The average molecular weight is 235 g/mol. The number of rotatable bonds is 2. The fourth-order valence-electron chi connectivity index (χ4n) is 3.06. The van der Waals surface area contributed by atoms with E-state index in [2.05, 4.69) is 19.1 Å². The Morgan fingerprint density at radius 3 is 2.71 bits per heavy atom. The molecule has 1 saturated heterocycles.